The fourth-order valence-electron chi connectivity index (χ4n) is 2.65. The zero-order chi connectivity index (χ0) is 13.7. The average molecular weight is 285 g/mol. The summed E-state index contributed by atoms with van der Waals surface area (Å²) in [6.07, 6.45) is 0. The van der Waals surface area contributed by atoms with Gasteiger partial charge in [0.25, 0.3) is 11.8 Å². The molecule has 5 nitrogen and oxygen atoms in total. The van der Waals surface area contributed by atoms with Gasteiger partial charge in [-0.2, -0.15) is 0 Å². The van der Waals surface area contributed by atoms with Gasteiger partial charge < -0.3 is 4.90 Å². The lowest BCUT2D eigenvalue weighted by Crippen LogP contribution is -2.35. The molecule has 100 valence electrons. The highest BCUT2D eigenvalue weighted by atomic mass is 32.2. The van der Waals surface area contributed by atoms with Crippen LogP contribution in [0, 0.1) is 0 Å². The highest BCUT2D eigenvalue weighted by molar-refractivity contribution is 8.16. The molecule has 0 spiro atoms. The van der Waals surface area contributed by atoms with Gasteiger partial charge in [0.1, 0.15) is 0 Å². The first-order valence-electron chi connectivity index (χ1n) is 6.38. The Morgan fingerprint density at radius 1 is 1.15 bits per heavy atom. The van der Waals surface area contributed by atoms with E-state index < -0.39 is 0 Å². The number of nitrogens with zero attached hydrogens (tertiary/aromatic N) is 3. The Kier molecular flexibility index (Phi) is 2.47. The van der Waals surface area contributed by atoms with Gasteiger partial charge in [-0.15, -0.1) is 0 Å². The fourth-order valence-corrected chi connectivity index (χ4v) is 3.59. The molecule has 0 saturated heterocycles. The van der Waals surface area contributed by atoms with E-state index in [4.69, 9.17) is 0 Å². The second-order valence-corrected chi connectivity index (χ2v) is 5.62. The van der Waals surface area contributed by atoms with Crippen LogP contribution in [-0.4, -0.2) is 46.4 Å². The largest absolute Gasteiger partial charge is 0.321 e. The summed E-state index contributed by atoms with van der Waals surface area (Å²) in [6.45, 7) is 1.93. The molecular formula is C14H11N3O2S. The van der Waals surface area contributed by atoms with Crippen LogP contribution in [0.2, 0.25) is 0 Å². The van der Waals surface area contributed by atoms with E-state index in [0.717, 1.165) is 24.0 Å². The molecule has 4 rings (SSSR count). The monoisotopic (exact) mass is 285 g/mol. The van der Waals surface area contributed by atoms with E-state index in [1.54, 1.807) is 36.0 Å². The standard InChI is InChI=1S/C14H11N3O2S/c18-12-10-3-1-2-4-11(10)13(19)17(12)7-9-8-20-14-15-5-6-16(9)14/h1-4,8H,5-7H2. The van der Waals surface area contributed by atoms with Crippen molar-refractivity contribution in [2.75, 3.05) is 19.6 Å². The van der Waals surface area contributed by atoms with Crippen LogP contribution in [0.5, 0.6) is 0 Å². The first-order chi connectivity index (χ1) is 9.75. The number of aliphatic imine (C=N–C) groups is 1. The van der Waals surface area contributed by atoms with E-state index in [2.05, 4.69) is 9.89 Å². The lowest BCUT2D eigenvalue weighted by atomic mass is 10.1. The number of amides is 2. The van der Waals surface area contributed by atoms with Crippen molar-refractivity contribution in [1.82, 2.24) is 9.80 Å². The molecule has 0 aromatic heterocycles. The summed E-state index contributed by atoms with van der Waals surface area (Å²) in [5.74, 6) is -0.415. The number of rotatable bonds is 2. The fraction of sp³-hybridized carbons (Fsp3) is 0.214. The molecule has 20 heavy (non-hydrogen) atoms. The molecule has 6 heteroatoms. The van der Waals surface area contributed by atoms with Gasteiger partial charge in [-0.3, -0.25) is 19.5 Å². The van der Waals surface area contributed by atoms with Crippen LogP contribution in [0.1, 0.15) is 20.7 Å². The summed E-state index contributed by atoms with van der Waals surface area (Å²) in [5, 5.41) is 2.94. The third kappa shape index (κ3) is 1.54. The Morgan fingerprint density at radius 2 is 1.85 bits per heavy atom. The van der Waals surface area contributed by atoms with E-state index in [0.29, 0.717) is 17.7 Å². The lowest BCUT2D eigenvalue weighted by Gasteiger charge is -2.21. The van der Waals surface area contributed by atoms with Crippen molar-refractivity contribution in [3.8, 4) is 0 Å². The summed E-state index contributed by atoms with van der Waals surface area (Å²) < 4.78 is 0. The minimum Gasteiger partial charge on any atom is -0.321 e. The van der Waals surface area contributed by atoms with Crippen molar-refractivity contribution in [2.45, 2.75) is 0 Å². The van der Waals surface area contributed by atoms with Crippen LogP contribution >= 0.6 is 11.8 Å². The van der Waals surface area contributed by atoms with Gasteiger partial charge in [0, 0.05) is 17.6 Å². The van der Waals surface area contributed by atoms with E-state index in [1.165, 1.54) is 4.90 Å². The molecule has 1 aromatic carbocycles. The number of hydrogen-bond donors (Lipinski definition) is 0. The van der Waals surface area contributed by atoms with Gasteiger partial charge in [0.05, 0.1) is 24.2 Å². The van der Waals surface area contributed by atoms with E-state index in [-0.39, 0.29) is 11.8 Å². The van der Waals surface area contributed by atoms with Gasteiger partial charge in [-0.05, 0) is 12.1 Å². The lowest BCUT2D eigenvalue weighted by molar-refractivity contribution is 0.0662. The number of carbonyl (C=O) groups excluding carboxylic acids is 2. The molecule has 0 fully saturated rings. The molecule has 0 unspecified atom stereocenters. The number of fused-ring (bicyclic) bond motifs is 2. The maximum atomic E-state index is 12.3. The Morgan fingerprint density at radius 3 is 2.55 bits per heavy atom. The number of carbonyl (C=O) groups is 2. The number of thioether (sulfide) groups is 1. The molecule has 0 aliphatic carbocycles. The molecule has 3 aliphatic heterocycles. The van der Waals surface area contributed by atoms with Crippen LogP contribution in [-0.2, 0) is 0 Å². The van der Waals surface area contributed by atoms with Gasteiger partial charge in [0.2, 0.25) is 0 Å². The smallest absolute Gasteiger partial charge is 0.261 e. The van der Waals surface area contributed by atoms with Crippen molar-refractivity contribution < 1.29 is 9.59 Å². The minimum atomic E-state index is -0.207. The highest BCUT2D eigenvalue weighted by Crippen LogP contribution is 2.31. The quantitative estimate of drug-likeness (QED) is 0.774. The van der Waals surface area contributed by atoms with Crippen LogP contribution in [0.25, 0.3) is 0 Å². The molecule has 0 N–H and O–H groups in total. The number of imide groups is 1. The molecule has 0 bridgehead atoms. The van der Waals surface area contributed by atoms with Crippen molar-refractivity contribution in [1.29, 1.82) is 0 Å². The minimum absolute atomic E-state index is 0.207. The van der Waals surface area contributed by atoms with Gasteiger partial charge in [-0.25, -0.2) is 0 Å². The van der Waals surface area contributed by atoms with E-state index >= 15 is 0 Å². The molecule has 0 saturated carbocycles. The predicted molar refractivity (Wildman–Crippen MR) is 76.5 cm³/mol. The van der Waals surface area contributed by atoms with E-state index in [1.807, 2.05) is 5.41 Å². The maximum Gasteiger partial charge on any atom is 0.261 e. The predicted octanol–water partition coefficient (Wildman–Crippen LogP) is 1.54. The molecule has 2 amide bonds. The zero-order valence-corrected chi connectivity index (χ0v) is 11.4. The van der Waals surface area contributed by atoms with Gasteiger partial charge in [0.15, 0.2) is 5.17 Å². The SMILES string of the molecule is O=C1c2ccccc2C(=O)N1CC1=CSC2=NCCN12. The van der Waals surface area contributed by atoms with Crippen molar-refractivity contribution in [3.63, 3.8) is 0 Å². The summed E-state index contributed by atoms with van der Waals surface area (Å²) >= 11 is 1.56. The normalized spacial score (nSPS) is 20.2. The van der Waals surface area contributed by atoms with Crippen molar-refractivity contribution in [3.05, 3.63) is 46.5 Å². The first kappa shape index (κ1) is 11.7. The first-order valence-corrected chi connectivity index (χ1v) is 7.26. The van der Waals surface area contributed by atoms with E-state index in [9.17, 15) is 9.59 Å². The number of hydrogen-bond acceptors (Lipinski definition) is 5. The van der Waals surface area contributed by atoms with Crippen LogP contribution in [0.15, 0.2) is 40.4 Å². The topological polar surface area (TPSA) is 53.0 Å². The second kappa shape index (κ2) is 4.21. The molecule has 0 radical (unpaired) electrons. The third-order valence-electron chi connectivity index (χ3n) is 3.65. The Labute approximate surface area is 120 Å². The second-order valence-electron chi connectivity index (χ2n) is 4.79. The summed E-state index contributed by atoms with van der Waals surface area (Å²) in [7, 11) is 0. The zero-order valence-electron chi connectivity index (χ0n) is 10.6. The molecular weight excluding hydrogens is 274 g/mol. The van der Waals surface area contributed by atoms with Crippen molar-refractivity contribution >= 4 is 28.7 Å². The number of amidine groups is 1. The van der Waals surface area contributed by atoms with Gasteiger partial charge in [-0.1, -0.05) is 23.9 Å². The maximum absolute atomic E-state index is 12.3. The van der Waals surface area contributed by atoms with Gasteiger partial charge >= 0.3 is 0 Å². The molecule has 3 aliphatic rings. The van der Waals surface area contributed by atoms with Crippen molar-refractivity contribution in [2.24, 2.45) is 4.99 Å². The summed E-state index contributed by atoms with van der Waals surface area (Å²) in [5.41, 5.74) is 1.97. The Balaban J connectivity index is 1.61. The highest BCUT2D eigenvalue weighted by Gasteiger charge is 2.37. The third-order valence-corrected chi connectivity index (χ3v) is 4.60. The Hall–Kier alpha value is -2.08. The molecule has 0 atom stereocenters. The van der Waals surface area contributed by atoms with Crippen LogP contribution < -0.4 is 0 Å². The molecule has 3 heterocycles. The molecule has 1 aromatic rings. The van der Waals surface area contributed by atoms with Crippen LogP contribution in [0.3, 0.4) is 0 Å². The van der Waals surface area contributed by atoms with Crippen LogP contribution in [0.4, 0.5) is 0 Å². The number of benzene rings is 1. The Bertz CT molecular complexity index is 660. The summed E-state index contributed by atoms with van der Waals surface area (Å²) in [6, 6.07) is 6.97. The average Bonchev–Trinajstić information content (AvgIpc) is 3.12. The summed E-state index contributed by atoms with van der Waals surface area (Å²) in [4.78, 5) is 32.4.